The number of carbonyl (C=O) groups excluding carboxylic acids is 4. The van der Waals surface area contributed by atoms with E-state index in [1.165, 1.54) is 26.0 Å². The number of aliphatic hydroxyl groups is 2. The summed E-state index contributed by atoms with van der Waals surface area (Å²) in [5, 5.41) is 17.3. The van der Waals surface area contributed by atoms with E-state index in [1.807, 2.05) is 27.7 Å². The molecule has 6 nitrogen and oxygen atoms in total. The molecule has 0 atom stereocenters. The molecular weight excluding hydrogens is 389 g/mol. The van der Waals surface area contributed by atoms with Gasteiger partial charge < -0.3 is 19.8 Å². The van der Waals surface area contributed by atoms with E-state index in [-0.39, 0.29) is 54.4 Å². The number of hydrogen-bond acceptors (Lipinski definition) is 4. The van der Waals surface area contributed by atoms with E-state index < -0.39 is 0 Å². The Balaban J connectivity index is -0.0000000743. The molecule has 0 saturated carbocycles. The molecule has 0 radical (unpaired) electrons. The molecule has 0 fully saturated rings. The molecular formula is C16H28O6Ru. The predicted octanol–water partition coefficient (Wildman–Crippen LogP) is 2.75. The fourth-order valence-corrected chi connectivity index (χ4v) is 0.761. The Bertz CT molecular complexity index is 329. The van der Waals surface area contributed by atoms with Gasteiger partial charge >= 0.3 is 11.6 Å². The summed E-state index contributed by atoms with van der Waals surface area (Å²) < 4.78 is 0. The standard InChI is InChI=1S/2C7H12O2.2CHO.Ru/c2*1-5(2)7(9)4-6(3)8;2*1-2;/h2*4-5,8H,1-3H3;2*1H;/q;;2*-1;/p+2. The van der Waals surface area contributed by atoms with Crippen molar-refractivity contribution in [1.29, 1.82) is 0 Å². The van der Waals surface area contributed by atoms with E-state index in [9.17, 15) is 0 Å². The van der Waals surface area contributed by atoms with Crippen molar-refractivity contribution in [3.05, 3.63) is 23.7 Å². The monoisotopic (exact) mass is 418 g/mol. The van der Waals surface area contributed by atoms with Crippen LogP contribution in [0.1, 0.15) is 41.5 Å². The molecule has 0 saturated heterocycles. The molecule has 0 bridgehead atoms. The topological polar surface area (TPSA) is 117 Å². The van der Waals surface area contributed by atoms with Crippen molar-refractivity contribution in [3.8, 4) is 0 Å². The third-order valence-electron chi connectivity index (χ3n) is 1.90. The second-order valence-electron chi connectivity index (χ2n) is 4.73. The fourth-order valence-electron chi connectivity index (χ4n) is 0.761. The summed E-state index contributed by atoms with van der Waals surface area (Å²) in [6, 6.07) is 0. The molecule has 0 aliphatic carbocycles. The number of ketones is 2. The van der Waals surface area contributed by atoms with Gasteiger partial charge in [0.2, 0.25) is 0 Å². The number of rotatable bonds is 4. The van der Waals surface area contributed by atoms with Gasteiger partial charge in [-0.15, -0.1) is 0 Å². The van der Waals surface area contributed by atoms with Crippen LogP contribution >= 0.6 is 0 Å². The fraction of sp³-hybridized carbons (Fsp3) is 0.500. The molecule has 136 valence electrons. The molecule has 0 spiro atoms. The number of hydrogen-bond donors (Lipinski definition) is 2. The van der Waals surface area contributed by atoms with Gasteiger partial charge in [0.1, 0.15) is 0 Å². The second-order valence-corrected chi connectivity index (χ2v) is 4.73. The first kappa shape index (κ1) is 33.1. The average Bonchev–Trinajstić information content (AvgIpc) is 2.42. The maximum absolute atomic E-state index is 8.98. The van der Waals surface area contributed by atoms with E-state index in [0.29, 0.717) is 0 Å². The van der Waals surface area contributed by atoms with Crippen LogP contribution in [0, 0.1) is 11.8 Å². The van der Waals surface area contributed by atoms with Crippen molar-refractivity contribution in [3.63, 3.8) is 0 Å². The Labute approximate surface area is 151 Å². The minimum atomic E-state index is 0. The summed E-state index contributed by atoms with van der Waals surface area (Å²) in [5.41, 5.74) is 0. The summed E-state index contributed by atoms with van der Waals surface area (Å²) in [5.74, 6) is 0.895. The quantitative estimate of drug-likeness (QED) is 0.183. The normalized spacial score (nSPS) is 9.91. The maximum Gasteiger partial charge on any atom is 0.322 e. The van der Waals surface area contributed by atoms with Crippen LogP contribution in [0.5, 0.6) is 0 Å². The van der Waals surface area contributed by atoms with Crippen LogP contribution < -0.4 is 0 Å². The van der Waals surface area contributed by atoms with Gasteiger partial charge in [-0.05, 0) is 13.8 Å². The third-order valence-corrected chi connectivity index (χ3v) is 1.90. The third kappa shape index (κ3) is 33.3. The van der Waals surface area contributed by atoms with Gasteiger partial charge in [-0.3, -0.25) is 23.2 Å². The van der Waals surface area contributed by atoms with Crippen molar-refractivity contribution >= 4 is 25.1 Å². The average molecular weight is 417 g/mol. The van der Waals surface area contributed by atoms with Gasteiger partial charge in [0, 0.05) is 19.5 Å². The first-order valence-electron chi connectivity index (χ1n) is 6.41. The zero-order valence-corrected chi connectivity index (χ0v) is 16.2. The van der Waals surface area contributed by atoms with E-state index in [1.54, 1.807) is 0 Å². The summed E-state index contributed by atoms with van der Waals surface area (Å²) >= 11 is 0. The van der Waals surface area contributed by atoms with E-state index in [2.05, 4.69) is 13.6 Å². The van der Waals surface area contributed by atoms with E-state index in [4.69, 9.17) is 29.4 Å². The van der Waals surface area contributed by atoms with Crippen molar-refractivity contribution in [2.75, 3.05) is 0 Å². The van der Waals surface area contributed by atoms with Crippen LogP contribution in [0.4, 0.5) is 0 Å². The molecule has 4 N–H and O–H groups in total. The smallest absolute Gasteiger partial charge is 0.322 e. The summed E-state index contributed by atoms with van der Waals surface area (Å²) in [6.07, 6.45) is 2.70. The molecule has 0 aromatic rings. The van der Waals surface area contributed by atoms with Crippen LogP contribution in [0.3, 0.4) is 0 Å². The van der Waals surface area contributed by atoms with Crippen molar-refractivity contribution in [2.24, 2.45) is 11.8 Å². The zero-order valence-electron chi connectivity index (χ0n) is 14.4. The van der Waals surface area contributed by atoms with Gasteiger partial charge in [0.05, 0.1) is 35.5 Å². The largest absolute Gasteiger partial charge is 0.545 e. The summed E-state index contributed by atoms with van der Waals surface area (Å²) in [6.45, 7) is 17.0. The summed E-state index contributed by atoms with van der Waals surface area (Å²) in [7, 11) is 0. The van der Waals surface area contributed by atoms with Crippen LogP contribution in [0.15, 0.2) is 23.7 Å². The number of aliphatic hydroxyl groups excluding tert-OH is 2. The predicted molar refractivity (Wildman–Crippen MR) is 89.8 cm³/mol. The van der Waals surface area contributed by atoms with Crippen LogP contribution in [0.25, 0.3) is 0 Å². The van der Waals surface area contributed by atoms with E-state index in [0.717, 1.165) is 0 Å². The van der Waals surface area contributed by atoms with Gasteiger partial charge in [-0.1, -0.05) is 27.7 Å². The molecule has 0 unspecified atom stereocenters. The first-order chi connectivity index (χ1) is 10.1. The van der Waals surface area contributed by atoms with Crippen LogP contribution in [0.2, 0.25) is 0 Å². The Morgan fingerprint density at radius 1 is 0.783 bits per heavy atom. The molecule has 0 aliphatic heterocycles. The second kappa shape index (κ2) is 22.7. The minimum Gasteiger partial charge on any atom is -0.545 e. The first-order valence-corrected chi connectivity index (χ1v) is 6.41. The van der Waals surface area contributed by atoms with Crippen molar-refractivity contribution in [2.45, 2.75) is 41.5 Å². The Hall–Kier alpha value is -1.62. The van der Waals surface area contributed by atoms with Crippen LogP contribution in [-0.2, 0) is 29.1 Å². The molecule has 0 heterocycles. The van der Waals surface area contributed by atoms with Crippen molar-refractivity contribution in [1.82, 2.24) is 0 Å². The molecule has 0 rings (SSSR count). The van der Waals surface area contributed by atoms with Gasteiger partial charge in [-0.25, -0.2) is 0 Å². The minimum absolute atomic E-state index is 0. The van der Waals surface area contributed by atoms with Gasteiger partial charge in [0.25, 0.3) is 0 Å². The van der Waals surface area contributed by atoms with Gasteiger partial charge in [0.15, 0.2) is 0 Å². The molecule has 0 aromatic heterocycles. The zero-order chi connectivity index (χ0) is 18.9. The molecule has 7 heteroatoms. The number of allylic oxidation sites excluding steroid dienone is 4. The summed E-state index contributed by atoms with van der Waals surface area (Å²) in [4.78, 5) is 33.5. The Morgan fingerprint density at radius 2 is 0.957 bits per heavy atom. The molecule has 0 aliphatic rings. The SMILES string of the molecule is CC(O)=CC(=[OH+])C(C)C.CC(O)=CC(=[OH+])C(C)C.[CH-]=O.[CH-]=O.[Ru]. The molecule has 0 amide bonds. The van der Waals surface area contributed by atoms with Gasteiger partial charge in [-0.2, -0.15) is 0 Å². The maximum atomic E-state index is 8.98. The molecule has 0 aromatic carbocycles. The Kier molecular flexibility index (Phi) is 32.6. The Morgan fingerprint density at radius 3 is 1.00 bits per heavy atom. The van der Waals surface area contributed by atoms with Crippen molar-refractivity contribution < 1.29 is 48.9 Å². The van der Waals surface area contributed by atoms with Crippen LogP contribution in [-0.4, -0.2) is 44.9 Å². The van der Waals surface area contributed by atoms with E-state index >= 15 is 0 Å². The molecule has 23 heavy (non-hydrogen) atoms.